The molecule has 0 aliphatic carbocycles. The van der Waals surface area contributed by atoms with Crippen molar-refractivity contribution in [3.05, 3.63) is 0 Å². The van der Waals surface area contributed by atoms with Gasteiger partial charge < -0.3 is 9.47 Å². The lowest BCUT2D eigenvalue weighted by Gasteiger charge is -2.28. The third kappa shape index (κ3) is 10.5. The van der Waals surface area contributed by atoms with E-state index in [0.29, 0.717) is 12.5 Å². The summed E-state index contributed by atoms with van der Waals surface area (Å²) in [7, 11) is 0. The van der Waals surface area contributed by atoms with Gasteiger partial charge in [0.05, 0.1) is 0 Å². The molecule has 22 heavy (non-hydrogen) atoms. The van der Waals surface area contributed by atoms with Gasteiger partial charge in [0.15, 0.2) is 0 Å². The Morgan fingerprint density at radius 2 is 1.27 bits per heavy atom. The van der Waals surface area contributed by atoms with Crippen molar-refractivity contribution >= 4 is 12.2 Å². The second kappa shape index (κ2) is 8.39. The van der Waals surface area contributed by atoms with E-state index < -0.39 is 23.4 Å². The van der Waals surface area contributed by atoms with Crippen LogP contribution in [0.15, 0.2) is 0 Å². The molecule has 0 saturated carbocycles. The molecule has 0 radical (unpaired) electrons. The first-order chi connectivity index (χ1) is 9.82. The monoisotopic (exact) mass is 315 g/mol. The van der Waals surface area contributed by atoms with Gasteiger partial charge in [0.25, 0.3) is 0 Å². The lowest BCUT2D eigenvalue weighted by molar-refractivity contribution is 0.00117. The average Bonchev–Trinajstić information content (AvgIpc) is 2.22. The summed E-state index contributed by atoms with van der Waals surface area (Å²) in [4.78, 5) is 25.5. The van der Waals surface area contributed by atoms with E-state index in [9.17, 15) is 9.59 Å². The summed E-state index contributed by atoms with van der Waals surface area (Å²) < 4.78 is 10.6. The molecule has 0 saturated heterocycles. The Bertz CT molecular complexity index is 336. The Balaban J connectivity index is 4.76. The first-order valence-electron chi connectivity index (χ1n) is 8.05. The maximum absolute atomic E-state index is 12.2. The van der Waals surface area contributed by atoms with E-state index in [4.69, 9.17) is 9.47 Å². The Kier molecular flexibility index (Phi) is 7.91. The van der Waals surface area contributed by atoms with Crippen molar-refractivity contribution in [2.75, 3.05) is 6.54 Å². The van der Waals surface area contributed by atoms with Crippen molar-refractivity contribution in [1.29, 1.82) is 0 Å². The van der Waals surface area contributed by atoms with E-state index in [-0.39, 0.29) is 0 Å². The van der Waals surface area contributed by atoms with Crippen LogP contribution in [0.3, 0.4) is 0 Å². The third-order valence-corrected chi connectivity index (χ3v) is 2.64. The van der Waals surface area contributed by atoms with E-state index in [1.165, 1.54) is 0 Å². The van der Waals surface area contributed by atoms with Crippen LogP contribution < -0.4 is 0 Å². The van der Waals surface area contributed by atoms with Crippen molar-refractivity contribution in [3.63, 3.8) is 0 Å². The van der Waals surface area contributed by atoms with Gasteiger partial charge in [-0.05, 0) is 53.9 Å². The summed E-state index contributed by atoms with van der Waals surface area (Å²) in [6.45, 7) is 15.3. The number of ether oxygens (including phenoxy) is 2. The van der Waals surface area contributed by atoms with Crippen LogP contribution in [0.2, 0.25) is 0 Å². The van der Waals surface area contributed by atoms with Gasteiger partial charge in [-0.1, -0.05) is 26.7 Å². The Labute approximate surface area is 135 Å². The number of nitrogens with zero attached hydrogens (tertiary/aromatic N) is 1. The minimum absolute atomic E-state index is 0.316. The van der Waals surface area contributed by atoms with Crippen LogP contribution in [0.1, 0.15) is 74.7 Å². The fourth-order valence-corrected chi connectivity index (χ4v) is 1.71. The molecule has 0 heterocycles. The molecular formula is C17H33NO4. The quantitative estimate of drug-likeness (QED) is 0.671. The van der Waals surface area contributed by atoms with Crippen LogP contribution in [0.25, 0.3) is 0 Å². The predicted molar refractivity (Wildman–Crippen MR) is 87.9 cm³/mol. The number of carbonyl (C=O) groups excluding carboxylic acids is 2. The first-order valence-corrected chi connectivity index (χ1v) is 8.05. The zero-order chi connectivity index (χ0) is 17.6. The molecule has 0 unspecified atom stereocenters. The summed E-state index contributed by atoms with van der Waals surface area (Å²) in [5.41, 5.74) is -1.29. The maximum atomic E-state index is 12.2. The zero-order valence-corrected chi connectivity index (χ0v) is 15.5. The second-order valence-electron chi connectivity index (χ2n) is 8.00. The molecule has 5 nitrogen and oxygen atoms in total. The fraction of sp³-hybridized carbons (Fsp3) is 0.882. The van der Waals surface area contributed by atoms with E-state index in [0.717, 1.165) is 24.2 Å². The van der Waals surface area contributed by atoms with Crippen LogP contribution in [-0.2, 0) is 9.47 Å². The summed E-state index contributed by atoms with van der Waals surface area (Å²) in [6.07, 6.45) is 1.48. The normalized spacial score (nSPS) is 12.2. The molecule has 0 aliphatic heterocycles. The standard InChI is InChI=1S/C17H33NO4/c1-13(2)11-9-10-12-18(14(19)21-16(3,4)5)15(20)22-17(6,7)8/h13H,9-12H2,1-8H3. The van der Waals surface area contributed by atoms with Crippen LogP contribution >= 0.6 is 0 Å². The van der Waals surface area contributed by atoms with Gasteiger partial charge >= 0.3 is 12.2 Å². The number of rotatable bonds is 5. The molecule has 0 aromatic rings. The highest BCUT2D eigenvalue weighted by molar-refractivity contribution is 5.88. The van der Waals surface area contributed by atoms with E-state index in [2.05, 4.69) is 13.8 Å². The molecule has 130 valence electrons. The van der Waals surface area contributed by atoms with Crippen molar-refractivity contribution in [1.82, 2.24) is 4.90 Å². The van der Waals surface area contributed by atoms with Crippen molar-refractivity contribution in [2.45, 2.75) is 85.9 Å². The van der Waals surface area contributed by atoms with Gasteiger partial charge in [-0.25, -0.2) is 14.5 Å². The molecule has 0 fully saturated rings. The van der Waals surface area contributed by atoms with E-state index >= 15 is 0 Å². The molecule has 0 aromatic carbocycles. The number of imide groups is 1. The molecule has 0 spiro atoms. The Morgan fingerprint density at radius 1 is 0.864 bits per heavy atom. The van der Waals surface area contributed by atoms with E-state index in [1.807, 2.05) is 0 Å². The highest BCUT2D eigenvalue weighted by Gasteiger charge is 2.30. The molecule has 0 bridgehead atoms. The molecule has 0 atom stereocenters. The van der Waals surface area contributed by atoms with Crippen LogP contribution in [0, 0.1) is 5.92 Å². The van der Waals surface area contributed by atoms with E-state index in [1.54, 1.807) is 41.5 Å². The van der Waals surface area contributed by atoms with Crippen molar-refractivity contribution < 1.29 is 19.1 Å². The summed E-state index contributed by atoms with van der Waals surface area (Å²) >= 11 is 0. The smallest absolute Gasteiger partial charge is 0.419 e. The topological polar surface area (TPSA) is 55.8 Å². The number of hydrogen-bond donors (Lipinski definition) is 0. The largest absolute Gasteiger partial charge is 0.443 e. The minimum atomic E-state index is -0.647. The first kappa shape index (κ1) is 20.7. The highest BCUT2D eigenvalue weighted by Crippen LogP contribution is 2.16. The molecular weight excluding hydrogens is 282 g/mol. The van der Waals surface area contributed by atoms with Crippen LogP contribution in [-0.4, -0.2) is 34.8 Å². The summed E-state index contributed by atoms with van der Waals surface area (Å²) in [5, 5.41) is 0. The lowest BCUT2D eigenvalue weighted by atomic mass is 10.1. The summed E-state index contributed by atoms with van der Waals surface area (Å²) in [5.74, 6) is 0.608. The molecule has 0 N–H and O–H groups in total. The van der Waals surface area contributed by atoms with Gasteiger partial charge in [0.1, 0.15) is 11.2 Å². The summed E-state index contributed by atoms with van der Waals surface area (Å²) in [6, 6.07) is 0. The maximum Gasteiger partial charge on any atom is 0.419 e. The number of hydrogen-bond acceptors (Lipinski definition) is 4. The van der Waals surface area contributed by atoms with Crippen LogP contribution in [0.4, 0.5) is 9.59 Å². The Hall–Kier alpha value is -1.26. The second-order valence-corrected chi connectivity index (χ2v) is 8.00. The highest BCUT2D eigenvalue weighted by atomic mass is 16.6. The molecule has 5 heteroatoms. The SMILES string of the molecule is CC(C)CCCCN(C(=O)OC(C)(C)C)C(=O)OC(C)(C)C. The minimum Gasteiger partial charge on any atom is -0.443 e. The number of amides is 2. The van der Waals surface area contributed by atoms with Crippen molar-refractivity contribution in [2.24, 2.45) is 5.92 Å². The Morgan fingerprint density at radius 3 is 1.59 bits per heavy atom. The molecule has 0 aromatic heterocycles. The van der Waals surface area contributed by atoms with Gasteiger partial charge in [-0.2, -0.15) is 0 Å². The third-order valence-electron chi connectivity index (χ3n) is 2.64. The number of unbranched alkanes of at least 4 members (excludes halogenated alkanes) is 1. The van der Waals surface area contributed by atoms with Crippen LogP contribution in [0.5, 0.6) is 0 Å². The molecule has 0 rings (SSSR count). The average molecular weight is 315 g/mol. The van der Waals surface area contributed by atoms with Gasteiger partial charge in [0.2, 0.25) is 0 Å². The zero-order valence-electron chi connectivity index (χ0n) is 15.5. The molecule has 2 amide bonds. The van der Waals surface area contributed by atoms with Crippen molar-refractivity contribution in [3.8, 4) is 0 Å². The predicted octanol–water partition coefficient (Wildman–Crippen LogP) is 4.98. The number of carbonyl (C=O) groups is 2. The van der Waals surface area contributed by atoms with Gasteiger partial charge in [-0.3, -0.25) is 0 Å². The lowest BCUT2D eigenvalue weighted by Crippen LogP contribution is -2.44. The van der Waals surface area contributed by atoms with Gasteiger partial charge in [-0.15, -0.1) is 0 Å². The fourth-order valence-electron chi connectivity index (χ4n) is 1.71. The molecule has 0 aliphatic rings. The van der Waals surface area contributed by atoms with Gasteiger partial charge in [0, 0.05) is 6.54 Å².